The number of carboxylic acids is 1. The van der Waals surface area contributed by atoms with E-state index in [0.29, 0.717) is 13.2 Å². The zero-order chi connectivity index (χ0) is 20.9. The van der Waals surface area contributed by atoms with Crippen molar-refractivity contribution in [3.05, 3.63) is 60.4 Å². The third-order valence-corrected chi connectivity index (χ3v) is 5.16. The molecular weight excluding hydrogens is 380 g/mol. The molecule has 0 bridgehead atoms. The lowest BCUT2D eigenvalue weighted by molar-refractivity contribution is -0.137. The van der Waals surface area contributed by atoms with Crippen LogP contribution in [0.5, 0.6) is 11.5 Å². The summed E-state index contributed by atoms with van der Waals surface area (Å²) in [5.74, 6) is 0.855. The highest BCUT2D eigenvalue weighted by Crippen LogP contribution is 2.28. The number of rotatable bonds is 10. The van der Waals surface area contributed by atoms with E-state index in [0.717, 1.165) is 47.2 Å². The van der Waals surface area contributed by atoms with E-state index in [4.69, 9.17) is 14.6 Å². The van der Waals surface area contributed by atoms with Crippen LogP contribution >= 0.6 is 0 Å². The van der Waals surface area contributed by atoms with Crippen molar-refractivity contribution in [2.45, 2.75) is 32.7 Å². The fraction of sp³-hybridized carbons (Fsp3) is 0.292. The Bertz CT molecular complexity index is 1160. The van der Waals surface area contributed by atoms with Gasteiger partial charge < -0.3 is 24.1 Å². The first kappa shape index (κ1) is 19.9. The minimum atomic E-state index is -0.856. The number of nitrogens with zero attached hydrogens (tertiary/aromatic N) is 1. The molecule has 6 nitrogen and oxygen atoms in total. The van der Waals surface area contributed by atoms with Gasteiger partial charge in [-0.25, -0.2) is 0 Å². The molecule has 30 heavy (non-hydrogen) atoms. The molecule has 4 rings (SSSR count). The predicted octanol–water partition coefficient (Wildman–Crippen LogP) is 5.01. The van der Waals surface area contributed by atoms with E-state index < -0.39 is 5.97 Å². The van der Waals surface area contributed by atoms with E-state index in [1.54, 1.807) is 10.8 Å². The number of fused-ring (bicyclic) bond motifs is 2. The Morgan fingerprint density at radius 1 is 1.07 bits per heavy atom. The van der Waals surface area contributed by atoms with Gasteiger partial charge in [-0.1, -0.05) is 13.3 Å². The molecule has 0 radical (unpaired) electrons. The van der Waals surface area contributed by atoms with Crippen LogP contribution in [0.2, 0.25) is 0 Å². The van der Waals surface area contributed by atoms with Crippen LogP contribution in [0.15, 0.2) is 54.9 Å². The van der Waals surface area contributed by atoms with Crippen LogP contribution in [0, 0.1) is 0 Å². The van der Waals surface area contributed by atoms with Crippen LogP contribution in [0.4, 0.5) is 0 Å². The van der Waals surface area contributed by atoms with Crippen LogP contribution in [0.1, 0.15) is 25.3 Å². The van der Waals surface area contributed by atoms with Crippen molar-refractivity contribution in [1.29, 1.82) is 0 Å². The van der Waals surface area contributed by atoms with E-state index in [1.165, 1.54) is 10.9 Å². The third-order valence-electron chi connectivity index (χ3n) is 5.16. The number of carboxylic acid groups (broad SMARTS) is 1. The number of aryl methyl sites for hydroxylation is 1. The first-order valence-corrected chi connectivity index (χ1v) is 10.3. The number of ether oxygens (including phenoxy) is 2. The number of hydrogen-bond donors (Lipinski definition) is 2. The molecule has 2 heterocycles. The highest BCUT2D eigenvalue weighted by molar-refractivity contribution is 5.85. The predicted molar refractivity (Wildman–Crippen MR) is 117 cm³/mol. The number of aromatic amines is 1. The van der Waals surface area contributed by atoms with Gasteiger partial charge in [-0.2, -0.15) is 0 Å². The van der Waals surface area contributed by atoms with Gasteiger partial charge in [0.2, 0.25) is 0 Å². The average molecular weight is 406 g/mol. The molecule has 0 atom stereocenters. The highest BCUT2D eigenvalue weighted by atomic mass is 16.5. The molecule has 0 spiro atoms. The van der Waals surface area contributed by atoms with Crippen LogP contribution in [0.3, 0.4) is 0 Å². The smallest absolute Gasteiger partial charge is 0.323 e. The summed E-state index contributed by atoms with van der Waals surface area (Å²) in [7, 11) is 0. The molecule has 4 aromatic rings. The Morgan fingerprint density at radius 2 is 1.93 bits per heavy atom. The molecule has 2 aromatic heterocycles. The Balaban J connectivity index is 1.32. The average Bonchev–Trinajstić information content (AvgIpc) is 3.36. The Hall–Kier alpha value is -3.41. The molecule has 0 aliphatic rings. The maximum Gasteiger partial charge on any atom is 0.323 e. The normalized spacial score (nSPS) is 11.2. The van der Waals surface area contributed by atoms with Gasteiger partial charge in [0.1, 0.15) is 18.0 Å². The van der Waals surface area contributed by atoms with Gasteiger partial charge in [-0.3, -0.25) is 4.79 Å². The highest BCUT2D eigenvalue weighted by Gasteiger charge is 2.10. The van der Waals surface area contributed by atoms with Crippen LogP contribution in [0.25, 0.3) is 21.8 Å². The molecule has 0 saturated carbocycles. The molecule has 0 fully saturated rings. The maximum atomic E-state index is 10.9. The fourth-order valence-corrected chi connectivity index (χ4v) is 3.79. The second kappa shape index (κ2) is 8.95. The number of nitrogens with one attached hydrogen (secondary N) is 1. The largest absolute Gasteiger partial charge is 0.493 e. The summed E-state index contributed by atoms with van der Waals surface area (Å²) in [6.45, 7) is 3.26. The number of hydrogen-bond acceptors (Lipinski definition) is 3. The van der Waals surface area contributed by atoms with Gasteiger partial charge in [0.15, 0.2) is 0 Å². The van der Waals surface area contributed by atoms with E-state index in [2.05, 4.69) is 30.1 Å². The molecule has 0 aliphatic heterocycles. The van der Waals surface area contributed by atoms with E-state index in [9.17, 15) is 4.79 Å². The van der Waals surface area contributed by atoms with E-state index in [-0.39, 0.29) is 6.54 Å². The summed E-state index contributed by atoms with van der Waals surface area (Å²) in [6, 6.07) is 13.8. The molecule has 6 heteroatoms. The van der Waals surface area contributed by atoms with Gasteiger partial charge in [0.25, 0.3) is 0 Å². The van der Waals surface area contributed by atoms with Crippen molar-refractivity contribution >= 4 is 27.8 Å². The SMILES string of the molecule is CCCc1c(OCCCOc2ccc3c(ccn3CC(=O)O)c2)ccc2cc[nH]c12. The van der Waals surface area contributed by atoms with Crippen LogP contribution in [-0.2, 0) is 17.8 Å². The minimum absolute atomic E-state index is 0.0463. The summed E-state index contributed by atoms with van der Waals surface area (Å²) >= 11 is 0. The molecule has 0 saturated heterocycles. The molecule has 2 aromatic carbocycles. The molecular formula is C24H26N2O4. The van der Waals surface area contributed by atoms with Gasteiger partial charge in [-0.05, 0) is 54.3 Å². The van der Waals surface area contributed by atoms with Crippen molar-refractivity contribution in [3.63, 3.8) is 0 Å². The van der Waals surface area contributed by atoms with Crippen molar-refractivity contribution in [3.8, 4) is 11.5 Å². The van der Waals surface area contributed by atoms with Gasteiger partial charge in [0.05, 0.1) is 18.7 Å². The monoisotopic (exact) mass is 406 g/mol. The minimum Gasteiger partial charge on any atom is -0.493 e. The third kappa shape index (κ3) is 4.27. The lowest BCUT2D eigenvalue weighted by Crippen LogP contribution is -2.07. The van der Waals surface area contributed by atoms with Gasteiger partial charge in [0, 0.05) is 35.3 Å². The van der Waals surface area contributed by atoms with Crippen molar-refractivity contribution in [1.82, 2.24) is 9.55 Å². The van der Waals surface area contributed by atoms with Gasteiger partial charge >= 0.3 is 5.97 Å². The number of aromatic nitrogens is 2. The molecule has 0 aliphatic carbocycles. The number of H-pyrrole nitrogens is 1. The number of aliphatic carboxylic acids is 1. The summed E-state index contributed by atoms with van der Waals surface area (Å²) in [6.07, 6.45) is 6.56. The van der Waals surface area contributed by atoms with E-state index in [1.807, 2.05) is 30.5 Å². The molecule has 0 amide bonds. The zero-order valence-electron chi connectivity index (χ0n) is 17.1. The van der Waals surface area contributed by atoms with Crippen LogP contribution < -0.4 is 9.47 Å². The van der Waals surface area contributed by atoms with Gasteiger partial charge in [-0.15, -0.1) is 0 Å². The first-order valence-electron chi connectivity index (χ1n) is 10.3. The topological polar surface area (TPSA) is 76.5 Å². The maximum absolute atomic E-state index is 10.9. The quantitative estimate of drug-likeness (QED) is 0.363. The molecule has 0 unspecified atom stereocenters. The summed E-state index contributed by atoms with van der Waals surface area (Å²) in [5, 5.41) is 11.2. The second-order valence-corrected chi connectivity index (χ2v) is 7.34. The lowest BCUT2D eigenvalue weighted by atomic mass is 10.1. The summed E-state index contributed by atoms with van der Waals surface area (Å²) in [5.41, 5.74) is 3.28. The lowest BCUT2D eigenvalue weighted by Gasteiger charge is -2.13. The standard InChI is InChI=1S/C24H26N2O4/c1-2-4-20-22(8-5-17-9-11-25-24(17)20)30-14-3-13-29-19-6-7-21-18(15-19)10-12-26(21)16-23(27)28/h5-12,15,25H,2-4,13-14,16H2,1H3,(H,27,28). The second-order valence-electron chi connectivity index (χ2n) is 7.34. The number of benzene rings is 2. The fourth-order valence-electron chi connectivity index (χ4n) is 3.79. The first-order chi connectivity index (χ1) is 14.7. The summed E-state index contributed by atoms with van der Waals surface area (Å²) in [4.78, 5) is 14.3. The zero-order valence-corrected chi connectivity index (χ0v) is 17.1. The van der Waals surface area contributed by atoms with Crippen molar-refractivity contribution in [2.24, 2.45) is 0 Å². The Morgan fingerprint density at radius 3 is 2.77 bits per heavy atom. The number of carbonyl (C=O) groups is 1. The molecule has 2 N–H and O–H groups in total. The Kier molecular flexibility index (Phi) is 5.93. The van der Waals surface area contributed by atoms with Crippen molar-refractivity contribution in [2.75, 3.05) is 13.2 Å². The van der Waals surface area contributed by atoms with Crippen molar-refractivity contribution < 1.29 is 19.4 Å². The van der Waals surface area contributed by atoms with Crippen LogP contribution in [-0.4, -0.2) is 33.8 Å². The molecule has 156 valence electrons. The summed E-state index contributed by atoms with van der Waals surface area (Å²) < 4.78 is 13.6. The Labute approximate surface area is 175 Å². The van der Waals surface area contributed by atoms with E-state index >= 15 is 0 Å².